The Morgan fingerprint density at radius 1 is 0.388 bits per heavy atom. The third-order valence-corrected chi connectivity index (χ3v) is 25.0. The number of amides is 5. The molecule has 26 nitrogen and oxygen atoms in total. The minimum atomic E-state index is 0.0212. The van der Waals surface area contributed by atoms with Gasteiger partial charge in [-0.25, -0.2) is 29.9 Å². The van der Waals surface area contributed by atoms with Crippen LogP contribution in [0.2, 0.25) is 0 Å². The molecule has 26 heteroatoms. The second kappa shape index (κ2) is 42.7. The van der Waals surface area contributed by atoms with Crippen molar-refractivity contribution in [2.75, 3.05) is 201 Å². The van der Waals surface area contributed by atoms with Gasteiger partial charge in [0.05, 0.1) is 32.1 Å². The van der Waals surface area contributed by atoms with E-state index in [9.17, 15) is 24.0 Å². The van der Waals surface area contributed by atoms with Crippen molar-refractivity contribution in [1.82, 2.24) is 59.3 Å². The lowest BCUT2D eigenvalue weighted by atomic mass is 9.85. The molecule has 3 N–H and O–H groups in total. The average molecular weight is 1670 g/mol. The van der Waals surface area contributed by atoms with E-state index in [2.05, 4.69) is 217 Å². The summed E-state index contributed by atoms with van der Waals surface area (Å²) in [6, 6.07) is 18.7. The number of nitrogens with one attached hydrogen (secondary N) is 3. The molecule has 670 valence electrons. The van der Waals surface area contributed by atoms with E-state index in [4.69, 9.17) is 29.4 Å². The topological polar surface area (TPSA) is 250 Å². The number of likely N-dealkylation sites (tertiary alicyclic amines) is 4. The lowest BCUT2D eigenvalue weighted by Crippen LogP contribution is -2.48. The number of hydrogen-bond donors (Lipinski definition) is 3. The van der Waals surface area contributed by atoms with E-state index in [1.807, 2.05) is 38.6 Å². The monoisotopic (exact) mass is 1670 g/mol. The summed E-state index contributed by atoms with van der Waals surface area (Å²) in [6.45, 7) is 62.8. The Hall–Kier alpha value is -8.49. The lowest BCUT2D eigenvalue weighted by Gasteiger charge is -2.36. The Balaban J connectivity index is 0.000000174. The molecule has 0 atom stereocenters. The highest BCUT2D eigenvalue weighted by molar-refractivity contribution is 5.75. The van der Waals surface area contributed by atoms with E-state index >= 15 is 0 Å². The van der Waals surface area contributed by atoms with Crippen LogP contribution in [0.15, 0.2) is 54.9 Å². The number of morpholine rings is 1. The van der Waals surface area contributed by atoms with Crippen molar-refractivity contribution in [3.63, 3.8) is 0 Å². The van der Waals surface area contributed by atoms with Gasteiger partial charge in [-0.1, -0.05) is 104 Å². The highest BCUT2D eigenvalue weighted by Crippen LogP contribution is 2.36. The van der Waals surface area contributed by atoms with E-state index < -0.39 is 0 Å². The van der Waals surface area contributed by atoms with Crippen molar-refractivity contribution < 1.29 is 33.4 Å². The first-order valence-electron chi connectivity index (χ1n) is 45.1. The van der Waals surface area contributed by atoms with Crippen LogP contribution in [0.25, 0.3) is 0 Å². The molecule has 0 radical (unpaired) electrons. The summed E-state index contributed by atoms with van der Waals surface area (Å²) in [6.07, 6.45) is 11.7. The number of aromatic nitrogens is 6. The van der Waals surface area contributed by atoms with Gasteiger partial charge in [0.25, 0.3) is 0 Å². The van der Waals surface area contributed by atoms with Crippen molar-refractivity contribution in [2.24, 2.45) is 11.8 Å². The van der Waals surface area contributed by atoms with Crippen LogP contribution in [0.4, 0.5) is 40.7 Å². The molecule has 8 saturated heterocycles. The minimum absolute atomic E-state index is 0.0212. The third-order valence-electron chi connectivity index (χ3n) is 25.0. The SMILES string of the molecule is CC(=O)N1CCC(Cc2cc(C(C)(C)C)cc(N(C)C)n2)CC1.CC(=O)N1CCC(Nc2cc(C(C)(C)C)cc(N3CCN(C(C)=O)CC3)n2)CC1.CC(=O)N1CCC(Nc2cc(C(C)(C)C)cc(N3CCN(C)CC3)n2)CC1.CC(=O)N1CCC(Nc2cc(C(C)(C)C)cc(N3CCOCC3)n2)CC1.Cc1c(CC2COC2)ncnc1C(C)(C)C. The molecule has 0 spiro atoms. The molecule has 5 amide bonds. The number of ether oxygens (including phenoxy) is 2. The molecule has 121 heavy (non-hydrogen) atoms. The van der Waals surface area contributed by atoms with Gasteiger partial charge in [0.1, 0.15) is 47.1 Å². The quantitative estimate of drug-likeness (QED) is 0.0934. The highest BCUT2D eigenvalue weighted by Gasteiger charge is 2.32. The number of piperidine rings is 4. The molecule has 8 fully saturated rings. The Morgan fingerprint density at radius 2 is 0.727 bits per heavy atom. The first-order valence-corrected chi connectivity index (χ1v) is 45.1. The first kappa shape index (κ1) is 96.3. The normalized spacial score (nSPS) is 18.6. The van der Waals surface area contributed by atoms with E-state index in [1.54, 1.807) is 40.9 Å². The van der Waals surface area contributed by atoms with E-state index in [-0.39, 0.29) is 56.6 Å². The van der Waals surface area contributed by atoms with Crippen LogP contribution in [0, 0.1) is 18.8 Å². The minimum Gasteiger partial charge on any atom is -0.381 e. The van der Waals surface area contributed by atoms with Gasteiger partial charge in [0, 0.05) is 207 Å². The van der Waals surface area contributed by atoms with Crippen LogP contribution in [-0.2, 0) is 73.4 Å². The number of likely N-dealkylation sites (N-methyl/N-ethyl adjacent to an activating group) is 1. The summed E-state index contributed by atoms with van der Waals surface area (Å²) in [4.78, 5) is 107. The molecule has 0 saturated carbocycles. The number of pyridine rings is 4. The maximum absolute atomic E-state index is 11.6. The van der Waals surface area contributed by atoms with Gasteiger partial charge in [-0.2, -0.15) is 0 Å². The number of hydrogen-bond acceptors (Lipinski definition) is 21. The van der Waals surface area contributed by atoms with Crippen LogP contribution < -0.4 is 35.6 Å². The number of carbonyl (C=O) groups excluding carboxylic acids is 5. The lowest BCUT2D eigenvalue weighted by molar-refractivity contribution is -0.130. The summed E-state index contributed by atoms with van der Waals surface area (Å²) >= 11 is 0. The summed E-state index contributed by atoms with van der Waals surface area (Å²) in [5, 5.41) is 10.9. The average Bonchev–Trinajstić information content (AvgIpc) is 0.770. The molecule has 8 aliphatic heterocycles. The van der Waals surface area contributed by atoms with E-state index in [0.29, 0.717) is 30.0 Å². The van der Waals surface area contributed by atoms with E-state index in [1.165, 1.54) is 39.2 Å². The smallest absolute Gasteiger partial charge is 0.219 e. The van der Waals surface area contributed by atoms with Crippen molar-refractivity contribution >= 4 is 70.3 Å². The second-order valence-corrected chi connectivity index (χ2v) is 40.4. The summed E-state index contributed by atoms with van der Waals surface area (Å²) in [5.74, 6) is 9.08. The Labute approximate surface area is 726 Å². The molecule has 0 aliphatic carbocycles. The molecule has 13 heterocycles. The summed E-state index contributed by atoms with van der Waals surface area (Å²) in [7, 11) is 6.27. The van der Waals surface area contributed by atoms with Crippen LogP contribution in [-0.4, -0.2) is 272 Å². The van der Waals surface area contributed by atoms with E-state index in [0.717, 1.165) is 255 Å². The van der Waals surface area contributed by atoms with Crippen LogP contribution >= 0.6 is 0 Å². The zero-order chi connectivity index (χ0) is 88.5. The fourth-order valence-electron chi connectivity index (χ4n) is 16.5. The zero-order valence-corrected chi connectivity index (χ0v) is 78.7. The maximum Gasteiger partial charge on any atom is 0.219 e. The van der Waals surface area contributed by atoms with Gasteiger partial charge in [0.2, 0.25) is 29.5 Å². The van der Waals surface area contributed by atoms with Crippen molar-refractivity contribution in [3.05, 3.63) is 99.8 Å². The van der Waals surface area contributed by atoms with Crippen molar-refractivity contribution in [2.45, 2.75) is 255 Å². The fourth-order valence-corrected chi connectivity index (χ4v) is 16.5. The standard InChI is InChI=1S/C22H35N5O2.C21H35N5O.C20H32N4O2.C19H31N3O.C13H20N2O/c1-16(28)25-8-6-19(7-9-25)23-20-14-18(22(3,4)5)15-21(24-20)27-12-10-26(11-13-27)17(2)29;1-16(27)25-8-6-18(7-9-25)22-19-14-17(21(2,3)4)15-20(23-19)26-12-10-24(5)11-13-26;1-15(25)23-7-5-17(6-8-23)21-18-13-16(20(2,3)4)14-19(22-18)24-9-11-26-12-10-24;1-14(23)22-9-7-15(8-10-22)11-17-12-16(19(2,3)4)13-18(20-17)21(5)6;1-9-11(5-10-6-16-7-10)14-8-15-12(9)13(2,3)4/h14-15,19H,6-13H2,1-5H3,(H,23,24);14-15,18H,6-13H2,1-5H3,(H,22,23);13-14,17H,5-12H2,1-4H3,(H,21,22);12-13,15H,7-11H2,1-6H3;8,10H,5-7H2,1-4H3. The molecule has 5 aromatic rings. The maximum atomic E-state index is 11.6. The van der Waals surface area contributed by atoms with Crippen molar-refractivity contribution in [3.8, 4) is 0 Å². The van der Waals surface area contributed by atoms with Gasteiger partial charge in [-0.05, 0) is 182 Å². The Kier molecular flexibility index (Phi) is 34.0. The van der Waals surface area contributed by atoms with Gasteiger partial charge < -0.3 is 74.4 Å². The third kappa shape index (κ3) is 29.3. The molecule has 0 bridgehead atoms. The second-order valence-electron chi connectivity index (χ2n) is 40.4. The molecule has 5 aromatic heterocycles. The number of nitrogens with zero attached hydrogens (tertiary/aromatic N) is 16. The molecule has 13 rings (SSSR count). The number of carbonyl (C=O) groups is 5. The molecule has 0 unspecified atom stereocenters. The van der Waals surface area contributed by atoms with Gasteiger partial charge in [0.15, 0.2) is 0 Å². The first-order chi connectivity index (χ1) is 56.8. The molecule has 0 aromatic carbocycles. The van der Waals surface area contributed by atoms with Crippen molar-refractivity contribution in [1.29, 1.82) is 0 Å². The van der Waals surface area contributed by atoms with Gasteiger partial charge in [-0.15, -0.1) is 0 Å². The fraction of sp³-hybridized carbons (Fsp3) is 0.695. The number of piperazine rings is 2. The summed E-state index contributed by atoms with van der Waals surface area (Å²) in [5.41, 5.74) is 10.4. The molecular formula is C95H153N19O7. The summed E-state index contributed by atoms with van der Waals surface area (Å²) < 4.78 is 10.7. The Bertz CT molecular complexity index is 4180. The molecular weight excluding hydrogens is 1520 g/mol. The largest absolute Gasteiger partial charge is 0.381 e. The number of rotatable bonds is 14. The Morgan fingerprint density at radius 3 is 1.06 bits per heavy atom. The van der Waals surface area contributed by atoms with Crippen LogP contribution in [0.3, 0.4) is 0 Å². The molecule has 8 aliphatic rings. The van der Waals surface area contributed by atoms with Gasteiger partial charge >= 0.3 is 0 Å². The number of anilines is 7. The zero-order valence-electron chi connectivity index (χ0n) is 78.7. The van der Waals surface area contributed by atoms with Crippen LogP contribution in [0.1, 0.15) is 235 Å². The van der Waals surface area contributed by atoms with Gasteiger partial charge in [-0.3, -0.25) is 24.0 Å². The predicted molar refractivity (Wildman–Crippen MR) is 492 cm³/mol. The van der Waals surface area contributed by atoms with Crippen LogP contribution in [0.5, 0.6) is 0 Å². The predicted octanol–water partition coefficient (Wildman–Crippen LogP) is 13.2. The highest BCUT2D eigenvalue weighted by atomic mass is 16.5.